The van der Waals surface area contributed by atoms with E-state index in [-0.39, 0.29) is 58.3 Å². The molecule has 4 unspecified atom stereocenters. The number of rotatable bonds is 5. The molecule has 0 spiro atoms. The predicted octanol–water partition coefficient (Wildman–Crippen LogP) is -0.518. The molecule has 1 saturated carbocycles. The summed E-state index contributed by atoms with van der Waals surface area (Å²) in [6.07, 6.45) is 9.09. The second-order valence-electron chi connectivity index (χ2n) is 7.34. The molecule has 0 bridgehead atoms. The van der Waals surface area contributed by atoms with Crippen LogP contribution < -0.4 is 24.0 Å². The Labute approximate surface area is 154 Å². The fourth-order valence-corrected chi connectivity index (χ4v) is 5.01. The summed E-state index contributed by atoms with van der Waals surface area (Å²) in [5, 5.41) is 11.1. The number of aliphatic hydroxyl groups is 1. The van der Waals surface area contributed by atoms with E-state index in [1.165, 1.54) is 5.57 Å². The van der Waals surface area contributed by atoms with Crippen LogP contribution in [-0.2, 0) is 20.4 Å². The monoisotopic (exact) mass is 440 g/mol. The van der Waals surface area contributed by atoms with Gasteiger partial charge >= 0.3 is 0 Å². The minimum absolute atomic E-state index is 0. The molecule has 3 nitrogen and oxygen atoms in total. The summed E-state index contributed by atoms with van der Waals surface area (Å²) in [5.41, 5.74) is 0.206. The topological polar surface area (TPSA) is 49.8 Å². The fraction of sp³-hybridized carbons (Fsp3) is 0.824. The fourth-order valence-electron chi connectivity index (χ4n) is 3.66. The number of hydrogen-bond donors (Lipinski definition) is 1. The lowest BCUT2D eigenvalue weighted by Crippen LogP contribution is -3.00. The quantitative estimate of drug-likeness (QED) is 0.271. The maximum atomic E-state index is 11.9. The van der Waals surface area contributed by atoms with Crippen LogP contribution in [0, 0.1) is 5.92 Å². The highest BCUT2D eigenvalue weighted by atomic mass is 127. The first-order chi connectivity index (χ1) is 9.67. The van der Waals surface area contributed by atoms with E-state index in [2.05, 4.69) is 39.4 Å². The molecule has 2 aliphatic rings. The van der Waals surface area contributed by atoms with Gasteiger partial charge in [0.25, 0.3) is 0 Å². The second-order valence-corrected chi connectivity index (χ2v) is 9.60. The predicted molar refractivity (Wildman–Crippen MR) is 88.7 cm³/mol. The number of hydrogen-bond acceptors (Lipinski definition) is 3. The van der Waals surface area contributed by atoms with Gasteiger partial charge in [-0.2, -0.15) is 0 Å². The molecule has 5 heteroatoms. The molecule has 0 radical (unpaired) electrons. The molecule has 0 aromatic rings. The normalized spacial score (nSPS) is 37.7. The number of ketones is 1. The minimum atomic E-state index is -0.741. The Kier molecular flexibility index (Phi) is 7.00. The highest BCUT2D eigenvalue weighted by Crippen LogP contribution is 2.53. The third-order valence-corrected chi connectivity index (χ3v) is 5.94. The Bertz CT molecular complexity index is 447. The SMILES string of the molecule is CC(C)=CCC1OC1(C)C1CC(=O)CCC1(O)C[S+](C)C.[I-]. The van der Waals surface area contributed by atoms with Crippen LogP contribution >= 0.6 is 0 Å². The van der Waals surface area contributed by atoms with Gasteiger partial charge in [0, 0.05) is 18.8 Å². The first kappa shape index (κ1) is 20.5. The molecule has 1 aliphatic heterocycles. The molecule has 1 N–H and O–H groups in total. The Morgan fingerprint density at radius 1 is 1.45 bits per heavy atom. The van der Waals surface area contributed by atoms with Gasteiger partial charge in [-0.25, -0.2) is 0 Å². The van der Waals surface area contributed by atoms with E-state index in [4.69, 9.17) is 4.74 Å². The largest absolute Gasteiger partial charge is 1.00 e. The van der Waals surface area contributed by atoms with Crippen LogP contribution in [0.2, 0.25) is 0 Å². The molecular weight excluding hydrogens is 411 g/mol. The zero-order valence-corrected chi connectivity index (χ0v) is 17.3. The van der Waals surface area contributed by atoms with Crippen LogP contribution in [0.15, 0.2) is 11.6 Å². The lowest BCUT2D eigenvalue weighted by Gasteiger charge is -2.40. The lowest BCUT2D eigenvalue weighted by molar-refractivity contribution is -0.132. The zero-order valence-electron chi connectivity index (χ0n) is 14.3. The van der Waals surface area contributed by atoms with E-state index in [0.717, 1.165) is 12.2 Å². The highest BCUT2D eigenvalue weighted by Gasteiger charge is 2.64. The number of carbonyl (C=O) groups excluding carboxylic acids is 1. The lowest BCUT2D eigenvalue weighted by atomic mass is 9.68. The van der Waals surface area contributed by atoms with Crippen molar-refractivity contribution < 1.29 is 38.6 Å². The first-order valence-corrected chi connectivity index (χ1v) is 9.98. The van der Waals surface area contributed by atoms with Gasteiger partial charge in [-0.15, -0.1) is 0 Å². The molecule has 2 rings (SSSR count). The number of ether oxygens (including phenoxy) is 1. The van der Waals surface area contributed by atoms with Crippen molar-refractivity contribution in [2.24, 2.45) is 5.92 Å². The van der Waals surface area contributed by atoms with Gasteiger partial charge in [0.15, 0.2) is 0 Å². The van der Waals surface area contributed by atoms with E-state index in [9.17, 15) is 9.90 Å². The first-order valence-electron chi connectivity index (χ1n) is 7.77. The Morgan fingerprint density at radius 3 is 2.64 bits per heavy atom. The van der Waals surface area contributed by atoms with Gasteiger partial charge in [0.1, 0.15) is 17.1 Å². The number of carbonyl (C=O) groups is 1. The number of epoxide rings is 1. The van der Waals surface area contributed by atoms with E-state index in [1.54, 1.807) is 0 Å². The molecule has 1 heterocycles. The number of allylic oxidation sites excluding steroid dienone is 1. The molecule has 2 fully saturated rings. The summed E-state index contributed by atoms with van der Waals surface area (Å²) in [4.78, 5) is 11.9. The van der Waals surface area contributed by atoms with Crippen molar-refractivity contribution >= 4 is 16.7 Å². The van der Waals surface area contributed by atoms with Gasteiger partial charge in [-0.05, 0) is 44.5 Å². The number of Topliss-reactive ketones (excluding diaryl/α,β-unsaturated/α-hetero) is 1. The molecule has 4 atom stereocenters. The zero-order chi connectivity index (χ0) is 15.8. The maximum absolute atomic E-state index is 11.9. The molecule has 128 valence electrons. The molecule has 0 amide bonds. The maximum Gasteiger partial charge on any atom is 0.136 e. The van der Waals surface area contributed by atoms with Crippen molar-refractivity contribution in [1.82, 2.24) is 0 Å². The van der Waals surface area contributed by atoms with Crippen LogP contribution in [0.25, 0.3) is 0 Å². The standard InChI is InChI=1S/C17H29O3S.HI/c1-12(2)6-7-15-16(3,20-15)14-10-13(18)8-9-17(14,19)11-21(4)5;/h6,14-15,19H,7-11H2,1-5H3;1H/q+1;/p-1. The minimum Gasteiger partial charge on any atom is -1.00 e. The Hall–Kier alpha value is 0.410. The summed E-state index contributed by atoms with van der Waals surface area (Å²) >= 11 is 0. The van der Waals surface area contributed by atoms with Gasteiger partial charge in [0.05, 0.1) is 24.2 Å². The van der Waals surface area contributed by atoms with Crippen LogP contribution in [0.5, 0.6) is 0 Å². The molecule has 0 aromatic carbocycles. The van der Waals surface area contributed by atoms with E-state index in [0.29, 0.717) is 19.3 Å². The van der Waals surface area contributed by atoms with Crippen molar-refractivity contribution in [1.29, 1.82) is 0 Å². The van der Waals surface area contributed by atoms with Gasteiger partial charge < -0.3 is 33.8 Å². The average molecular weight is 440 g/mol. The molecule has 1 saturated heterocycles. The molecule has 0 aromatic heterocycles. The third kappa shape index (κ3) is 4.48. The molecular formula is C17H29IO3S. The number of halogens is 1. The van der Waals surface area contributed by atoms with Crippen molar-refractivity contribution in [2.45, 2.75) is 63.8 Å². The smallest absolute Gasteiger partial charge is 0.136 e. The van der Waals surface area contributed by atoms with Crippen LogP contribution in [0.4, 0.5) is 0 Å². The van der Waals surface area contributed by atoms with E-state index in [1.807, 2.05) is 0 Å². The Balaban J connectivity index is 0.00000242. The third-order valence-electron chi connectivity index (χ3n) is 4.87. The second kappa shape index (κ2) is 7.53. The summed E-state index contributed by atoms with van der Waals surface area (Å²) in [5.74, 6) is 0.991. The van der Waals surface area contributed by atoms with Crippen molar-refractivity contribution in [3.8, 4) is 0 Å². The van der Waals surface area contributed by atoms with Gasteiger partial charge in [-0.1, -0.05) is 11.6 Å². The Morgan fingerprint density at radius 2 is 2.09 bits per heavy atom. The average Bonchev–Trinajstić information content (AvgIpc) is 3.01. The van der Waals surface area contributed by atoms with Crippen molar-refractivity contribution in [3.05, 3.63) is 11.6 Å². The van der Waals surface area contributed by atoms with Crippen LogP contribution in [-0.4, -0.2) is 46.5 Å². The summed E-state index contributed by atoms with van der Waals surface area (Å²) in [7, 11) is 0.157. The van der Waals surface area contributed by atoms with Crippen molar-refractivity contribution in [3.63, 3.8) is 0 Å². The van der Waals surface area contributed by atoms with Gasteiger partial charge in [0.2, 0.25) is 0 Å². The van der Waals surface area contributed by atoms with Crippen LogP contribution in [0.1, 0.15) is 46.5 Å². The van der Waals surface area contributed by atoms with E-state index >= 15 is 0 Å². The highest BCUT2D eigenvalue weighted by molar-refractivity contribution is 7.95. The summed E-state index contributed by atoms with van der Waals surface area (Å²) in [6, 6.07) is 0. The van der Waals surface area contributed by atoms with Crippen molar-refractivity contribution in [2.75, 3.05) is 18.3 Å². The van der Waals surface area contributed by atoms with Gasteiger partial charge in [-0.3, -0.25) is 4.79 Å². The van der Waals surface area contributed by atoms with E-state index < -0.39 is 5.60 Å². The molecule has 1 aliphatic carbocycles. The molecule has 22 heavy (non-hydrogen) atoms. The van der Waals surface area contributed by atoms with Crippen LogP contribution in [0.3, 0.4) is 0 Å². The summed E-state index contributed by atoms with van der Waals surface area (Å²) < 4.78 is 5.97. The summed E-state index contributed by atoms with van der Waals surface area (Å²) in [6.45, 7) is 6.24.